The van der Waals surface area contributed by atoms with Gasteiger partial charge in [0.25, 0.3) is 11.5 Å². The number of benzene rings is 1. The highest BCUT2D eigenvalue weighted by atomic mass is 16.5. The first-order valence-electron chi connectivity index (χ1n) is 12.7. The van der Waals surface area contributed by atoms with Crippen LogP contribution < -0.4 is 21.1 Å². The Labute approximate surface area is 230 Å². The van der Waals surface area contributed by atoms with E-state index in [0.717, 1.165) is 5.69 Å². The molecule has 1 unspecified atom stereocenters. The molecule has 1 atom stereocenters. The molecule has 0 saturated carbocycles. The summed E-state index contributed by atoms with van der Waals surface area (Å²) < 4.78 is 9.93. The largest absolute Gasteiger partial charge is 0.466 e. The zero-order valence-electron chi connectivity index (χ0n) is 22.8. The second-order valence-corrected chi connectivity index (χ2v) is 8.81. The summed E-state index contributed by atoms with van der Waals surface area (Å²) in [7, 11) is 1.82. The summed E-state index contributed by atoms with van der Waals surface area (Å²) in [5.74, 6) is -1.67. The Balaban J connectivity index is 1.67. The number of pyridine rings is 1. The van der Waals surface area contributed by atoms with Crippen LogP contribution in [0.5, 0.6) is 0 Å². The predicted molar refractivity (Wildman–Crippen MR) is 147 cm³/mol. The lowest BCUT2D eigenvalue weighted by Gasteiger charge is -2.20. The fourth-order valence-electron chi connectivity index (χ4n) is 3.83. The minimum absolute atomic E-state index is 0.0403. The molecule has 2 heterocycles. The molecule has 3 N–H and O–H groups in total. The molecule has 3 rings (SSSR count). The minimum Gasteiger partial charge on any atom is -0.466 e. The molecular formula is C27H32N6O7. The van der Waals surface area contributed by atoms with Crippen LogP contribution in [0.4, 0.5) is 11.5 Å². The van der Waals surface area contributed by atoms with E-state index in [0.29, 0.717) is 23.3 Å². The van der Waals surface area contributed by atoms with Crippen molar-refractivity contribution in [3.63, 3.8) is 0 Å². The van der Waals surface area contributed by atoms with Gasteiger partial charge in [-0.25, -0.2) is 9.78 Å². The number of aromatic amines is 1. The van der Waals surface area contributed by atoms with Gasteiger partial charge in [0.2, 0.25) is 5.91 Å². The molecule has 1 aromatic carbocycles. The maximum absolute atomic E-state index is 12.8. The predicted octanol–water partition coefficient (Wildman–Crippen LogP) is 1.92. The van der Waals surface area contributed by atoms with E-state index in [9.17, 15) is 24.0 Å². The van der Waals surface area contributed by atoms with Crippen LogP contribution in [0.3, 0.4) is 0 Å². The second-order valence-electron chi connectivity index (χ2n) is 8.81. The second kappa shape index (κ2) is 13.8. The van der Waals surface area contributed by atoms with Gasteiger partial charge in [-0.3, -0.25) is 24.2 Å². The van der Waals surface area contributed by atoms with Gasteiger partial charge in [-0.15, -0.1) is 0 Å². The smallest absolute Gasteiger partial charge is 0.328 e. The van der Waals surface area contributed by atoms with Gasteiger partial charge in [0.15, 0.2) is 5.52 Å². The number of hydrogen-bond acceptors (Lipinski definition) is 10. The first kappa shape index (κ1) is 29.7. The number of nitrogens with zero attached hydrogens (tertiary/aromatic N) is 3. The van der Waals surface area contributed by atoms with Gasteiger partial charge in [0, 0.05) is 37.7 Å². The van der Waals surface area contributed by atoms with Crippen LogP contribution in [0, 0.1) is 0 Å². The number of H-pyrrole nitrogens is 1. The summed E-state index contributed by atoms with van der Waals surface area (Å²) >= 11 is 0. The molecule has 13 nitrogen and oxygen atoms in total. The Morgan fingerprint density at radius 3 is 2.42 bits per heavy atom. The molecule has 0 aliphatic heterocycles. The Kier molecular flexibility index (Phi) is 10.3. The third-order valence-corrected chi connectivity index (χ3v) is 5.69. The van der Waals surface area contributed by atoms with E-state index in [-0.39, 0.29) is 43.3 Å². The van der Waals surface area contributed by atoms with Crippen molar-refractivity contribution < 1.29 is 28.7 Å². The highest BCUT2D eigenvalue weighted by Gasteiger charge is 2.24. The first-order valence-corrected chi connectivity index (χ1v) is 12.7. The summed E-state index contributed by atoms with van der Waals surface area (Å²) in [6.07, 6.45) is 1.55. The monoisotopic (exact) mass is 552 g/mol. The Bertz CT molecular complexity index is 1440. The van der Waals surface area contributed by atoms with Crippen molar-refractivity contribution in [2.45, 2.75) is 46.2 Å². The molecule has 2 aromatic heterocycles. The molecule has 0 fully saturated rings. The number of nitrogens with one attached hydrogen (secondary N) is 3. The van der Waals surface area contributed by atoms with Crippen LogP contribution in [0.25, 0.3) is 11.0 Å². The number of amides is 2. The van der Waals surface area contributed by atoms with E-state index in [1.807, 2.05) is 11.9 Å². The van der Waals surface area contributed by atoms with Crippen LogP contribution in [0.2, 0.25) is 0 Å². The van der Waals surface area contributed by atoms with Crippen molar-refractivity contribution in [1.82, 2.24) is 20.3 Å². The number of anilines is 2. The van der Waals surface area contributed by atoms with E-state index >= 15 is 0 Å². The van der Waals surface area contributed by atoms with Gasteiger partial charge in [0.05, 0.1) is 37.2 Å². The Hall–Kier alpha value is -4.81. The van der Waals surface area contributed by atoms with E-state index in [1.54, 1.807) is 44.3 Å². The summed E-state index contributed by atoms with van der Waals surface area (Å²) in [5, 5.41) is 5.15. The maximum Gasteiger partial charge on any atom is 0.328 e. The summed E-state index contributed by atoms with van der Waals surface area (Å²) in [6.45, 7) is 5.36. The number of ether oxygens (including phenoxy) is 2. The molecule has 0 bridgehead atoms. The highest BCUT2D eigenvalue weighted by Crippen LogP contribution is 2.17. The molecule has 0 radical (unpaired) electrons. The SMILES string of the molecule is CCOC(=O)CCC(NC(=O)c1ccc(N(C)Cc2cnc3cc(NC(C)=O)[nH]c(=O)c3n2)cc1)C(=O)OCC. The fourth-order valence-corrected chi connectivity index (χ4v) is 3.83. The zero-order valence-corrected chi connectivity index (χ0v) is 22.8. The van der Waals surface area contributed by atoms with E-state index < -0.39 is 29.4 Å². The maximum atomic E-state index is 12.8. The number of hydrogen-bond donors (Lipinski definition) is 3. The lowest BCUT2D eigenvalue weighted by molar-refractivity contribution is -0.146. The van der Waals surface area contributed by atoms with Gasteiger partial charge in [-0.1, -0.05) is 0 Å². The third kappa shape index (κ3) is 8.09. The number of carbonyl (C=O) groups excluding carboxylic acids is 4. The lowest BCUT2D eigenvalue weighted by atomic mass is 10.1. The van der Waals surface area contributed by atoms with E-state index in [1.165, 1.54) is 13.0 Å². The third-order valence-electron chi connectivity index (χ3n) is 5.69. The molecule has 0 saturated heterocycles. The number of esters is 2. The average molecular weight is 553 g/mol. The van der Waals surface area contributed by atoms with Gasteiger partial charge in [-0.2, -0.15) is 0 Å². The van der Waals surface area contributed by atoms with Crippen LogP contribution >= 0.6 is 0 Å². The van der Waals surface area contributed by atoms with Crippen LogP contribution in [0.1, 0.15) is 49.7 Å². The first-order chi connectivity index (χ1) is 19.1. The van der Waals surface area contributed by atoms with Crippen LogP contribution in [-0.4, -0.2) is 65.0 Å². The van der Waals surface area contributed by atoms with Crippen molar-refractivity contribution in [3.8, 4) is 0 Å². The minimum atomic E-state index is -0.997. The van der Waals surface area contributed by atoms with Crippen LogP contribution in [0.15, 0.2) is 41.3 Å². The van der Waals surface area contributed by atoms with Crippen molar-refractivity contribution in [1.29, 1.82) is 0 Å². The van der Waals surface area contributed by atoms with Gasteiger partial charge in [0.1, 0.15) is 11.9 Å². The highest BCUT2D eigenvalue weighted by molar-refractivity contribution is 5.97. The van der Waals surface area contributed by atoms with E-state index in [2.05, 4.69) is 25.6 Å². The van der Waals surface area contributed by atoms with Gasteiger partial charge < -0.3 is 30.0 Å². The van der Waals surface area contributed by atoms with Crippen molar-refractivity contribution in [2.75, 3.05) is 30.5 Å². The molecular weight excluding hydrogens is 520 g/mol. The van der Waals surface area contributed by atoms with Crippen LogP contribution in [-0.2, 0) is 30.4 Å². The standard InChI is InChI=1S/C27H32N6O7/c1-5-39-23(35)12-11-20(27(38)40-6-2)31-25(36)17-7-9-19(10-8-17)33(4)15-18-14-28-21-13-22(29-16(3)34)32-26(37)24(21)30-18/h7-10,13-14,20H,5-6,11-12,15H2,1-4H3,(H,31,36)(H2,29,32,34,37). The quantitative estimate of drug-likeness (QED) is 0.282. The molecule has 0 aliphatic rings. The Morgan fingerprint density at radius 1 is 1.07 bits per heavy atom. The number of fused-ring (bicyclic) bond motifs is 1. The lowest BCUT2D eigenvalue weighted by Crippen LogP contribution is -2.42. The molecule has 40 heavy (non-hydrogen) atoms. The molecule has 0 spiro atoms. The number of rotatable bonds is 12. The summed E-state index contributed by atoms with van der Waals surface area (Å²) in [6, 6.07) is 7.21. The van der Waals surface area contributed by atoms with Gasteiger partial charge >= 0.3 is 11.9 Å². The average Bonchev–Trinajstić information content (AvgIpc) is 2.91. The van der Waals surface area contributed by atoms with Crippen molar-refractivity contribution in [2.24, 2.45) is 0 Å². The number of aromatic nitrogens is 3. The number of carbonyl (C=O) groups is 4. The molecule has 2 amide bonds. The van der Waals surface area contributed by atoms with Crippen molar-refractivity contribution in [3.05, 3.63) is 58.1 Å². The summed E-state index contributed by atoms with van der Waals surface area (Å²) in [4.78, 5) is 73.7. The molecule has 3 aromatic rings. The van der Waals surface area contributed by atoms with E-state index in [4.69, 9.17) is 9.47 Å². The van der Waals surface area contributed by atoms with Crippen molar-refractivity contribution >= 4 is 46.3 Å². The normalized spacial score (nSPS) is 11.4. The zero-order chi connectivity index (χ0) is 29.2. The summed E-state index contributed by atoms with van der Waals surface area (Å²) in [5.41, 5.74) is 1.63. The topological polar surface area (TPSA) is 173 Å². The van der Waals surface area contributed by atoms with Gasteiger partial charge in [-0.05, 0) is 44.5 Å². The molecule has 13 heteroatoms. The fraction of sp³-hybridized carbons (Fsp3) is 0.370. The Morgan fingerprint density at radius 2 is 1.77 bits per heavy atom. The molecule has 0 aliphatic carbocycles. The molecule has 212 valence electrons.